The number of non-ortho nitro benzene ring substituents is 1. The van der Waals surface area contributed by atoms with Gasteiger partial charge in [-0.1, -0.05) is 6.92 Å². The second-order valence-corrected chi connectivity index (χ2v) is 3.47. The van der Waals surface area contributed by atoms with Gasteiger partial charge in [-0.2, -0.15) is 0 Å². The van der Waals surface area contributed by atoms with Gasteiger partial charge in [0.1, 0.15) is 5.75 Å². The number of hydrogen-bond donors (Lipinski definition) is 2. The number of ether oxygens (including phenoxy) is 1. The molecule has 0 atom stereocenters. The number of benzene rings is 1. The number of likely N-dealkylation sites (N-methyl/N-ethyl adjacent to an activating group) is 1. The minimum absolute atomic E-state index is 0.0865. The lowest BCUT2D eigenvalue weighted by Crippen LogP contribution is -2.27. The van der Waals surface area contributed by atoms with Crippen LogP contribution in [0, 0.1) is 10.1 Å². The molecule has 7 heteroatoms. The van der Waals surface area contributed by atoms with Crippen molar-refractivity contribution < 1.29 is 14.5 Å². The minimum atomic E-state index is -0.521. The van der Waals surface area contributed by atoms with E-state index in [0.717, 1.165) is 0 Å². The number of nitro benzene ring substituents is 1. The summed E-state index contributed by atoms with van der Waals surface area (Å²) in [6.45, 7) is 2.75. The number of methoxy groups -OCH3 is 1. The molecule has 0 aliphatic carbocycles. The Morgan fingerprint density at radius 1 is 1.50 bits per heavy atom. The van der Waals surface area contributed by atoms with Crippen molar-refractivity contribution in [2.24, 2.45) is 0 Å². The van der Waals surface area contributed by atoms with Crippen LogP contribution in [0.4, 0.5) is 11.4 Å². The number of rotatable bonds is 6. The minimum Gasteiger partial charge on any atom is -0.494 e. The number of nitrogens with one attached hydrogen (secondary N) is 2. The Labute approximate surface area is 104 Å². The van der Waals surface area contributed by atoms with Gasteiger partial charge < -0.3 is 15.4 Å². The molecule has 0 heterocycles. The Balaban J connectivity index is 2.82. The first kappa shape index (κ1) is 13.9. The van der Waals surface area contributed by atoms with E-state index in [1.807, 2.05) is 6.92 Å². The maximum Gasteiger partial charge on any atom is 0.273 e. The first-order valence-electron chi connectivity index (χ1n) is 5.41. The average molecular weight is 253 g/mol. The van der Waals surface area contributed by atoms with Gasteiger partial charge in [0.2, 0.25) is 5.91 Å². The molecular formula is C11H15N3O4. The largest absolute Gasteiger partial charge is 0.494 e. The van der Waals surface area contributed by atoms with E-state index in [0.29, 0.717) is 12.2 Å². The van der Waals surface area contributed by atoms with Gasteiger partial charge in [0.05, 0.1) is 30.3 Å². The molecule has 1 aromatic carbocycles. The van der Waals surface area contributed by atoms with E-state index >= 15 is 0 Å². The van der Waals surface area contributed by atoms with Crippen molar-refractivity contribution in [2.75, 3.05) is 25.5 Å². The molecule has 0 saturated heterocycles. The first-order chi connectivity index (χ1) is 8.58. The standard InChI is InChI=1S/C11H15N3O4/c1-3-12-7-11(15)13-9-5-4-8(14(16)17)6-10(9)18-2/h4-6,12H,3,7H2,1-2H3,(H,13,15). The molecule has 0 bridgehead atoms. The molecule has 1 aromatic rings. The van der Waals surface area contributed by atoms with Crippen LogP contribution in [-0.4, -0.2) is 31.0 Å². The van der Waals surface area contributed by atoms with E-state index in [1.54, 1.807) is 0 Å². The number of carbonyl (C=O) groups excluding carboxylic acids is 1. The van der Waals surface area contributed by atoms with Crippen LogP contribution in [0.25, 0.3) is 0 Å². The molecule has 1 rings (SSSR count). The molecular weight excluding hydrogens is 238 g/mol. The molecule has 0 spiro atoms. The second kappa shape index (κ2) is 6.55. The Morgan fingerprint density at radius 3 is 2.78 bits per heavy atom. The average Bonchev–Trinajstić information content (AvgIpc) is 2.36. The van der Waals surface area contributed by atoms with Crippen molar-refractivity contribution in [2.45, 2.75) is 6.92 Å². The molecule has 98 valence electrons. The first-order valence-corrected chi connectivity index (χ1v) is 5.41. The van der Waals surface area contributed by atoms with Gasteiger partial charge in [0.25, 0.3) is 5.69 Å². The summed E-state index contributed by atoms with van der Waals surface area (Å²) in [5.41, 5.74) is 0.322. The summed E-state index contributed by atoms with van der Waals surface area (Å²) in [5, 5.41) is 16.1. The van der Waals surface area contributed by atoms with E-state index in [-0.39, 0.29) is 23.9 Å². The number of nitrogens with zero attached hydrogens (tertiary/aromatic N) is 1. The SMILES string of the molecule is CCNCC(=O)Nc1ccc([N+](=O)[O-])cc1OC. The molecule has 0 saturated carbocycles. The van der Waals surface area contributed by atoms with Crippen LogP contribution in [-0.2, 0) is 4.79 Å². The number of hydrogen-bond acceptors (Lipinski definition) is 5. The summed E-state index contributed by atoms with van der Waals surface area (Å²) >= 11 is 0. The lowest BCUT2D eigenvalue weighted by Gasteiger charge is -2.09. The van der Waals surface area contributed by atoms with Crippen molar-refractivity contribution >= 4 is 17.3 Å². The molecule has 0 aromatic heterocycles. The van der Waals surface area contributed by atoms with Gasteiger partial charge in [0.15, 0.2) is 0 Å². The fraction of sp³-hybridized carbons (Fsp3) is 0.364. The van der Waals surface area contributed by atoms with E-state index in [9.17, 15) is 14.9 Å². The van der Waals surface area contributed by atoms with Crippen LogP contribution in [0.2, 0.25) is 0 Å². The summed E-state index contributed by atoms with van der Waals surface area (Å²) in [4.78, 5) is 21.6. The molecule has 0 fully saturated rings. The zero-order chi connectivity index (χ0) is 13.5. The monoisotopic (exact) mass is 253 g/mol. The van der Waals surface area contributed by atoms with Gasteiger partial charge in [-0.15, -0.1) is 0 Å². The third-order valence-electron chi connectivity index (χ3n) is 2.21. The molecule has 18 heavy (non-hydrogen) atoms. The highest BCUT2D eigenvalue weighted by Crippen LogP contribution is 2.28. The maximum atomic E-state index is 11.5. The summed E-state index contributed by atoms with van der Waals surface area (Å²) in [6, 6.07) is 4.02. The van der Waals surface area contributed by atoms with Gasteiger partial charge in [0, 0.05) is 6.07 Å². The summed E-state index contributed by atoms with van der Waals surface area (Å²) in [7, 11) is 1.39. The summed E-state index contributed by atoms with van der Waals surface area (Å²) in [6.07, 6.45) is 0. The van der Waals surface area contributed by atoms with Crippen LogP contribution in [0.5, 0.6) is 5.75 Å². The Bertz CT molecular complexity index is 448. The molecule has 1 amide bonds. The normalized spacial score (nSPS) is 9.89. The highest BCUT2D eigenvalue weighted by Gasteiger charge is 2.12. The van der Waals surface area contributed by atoms with Crippen LogP contribution in [0.1, 0.15) is 6.92 Å². The summed E-state index contributed by atoms with van der Waals surface area (Å²) in [5.74, 6) is 0.0260. The predicted molar refractivity (Wildman–Crippen MR) is 66.8 cm³/mol. The van der Waals surface area contributed by atoms with Crippen molar-refractivity contribution in [3.63, 3.8) is 0 Å². The number of carbonyl (C=O) groups is 1. The van der Waals surface area contributed by atoms with E-state index < -0.39 is 4.92 Å². The fourth-order valence-corrected chi connectivity index (χ4v) is 1.33. The van der Waals surface area contributed by atoms with Gasteiger partial charge >= 0.3 is 0 Å². The quantitative estimate of drug-likeness (QED) is 0.586. The second-order valence-electron chi connectivity index (χ2n) is 3.47. The molecule has 0 unspecified atom stereocenters. The lowest BCUT2D eigenvalue weighted by atomic mass is 10.2. The fourth-order valence-electron chi connectivity index (χ4n) is 1.33. The Hall–Kier alpha value is -2.15. The third kappa shape index (κ3) is 3.70. The highest BCUT2D eigenvalue weighted by molar-refractivity contribution is 5.93. The van der Waals surface area contributed by atoms with E-state index in [1.165, 1.54) is 25.3 Å². The topological polar surface area (TPSA) is 93.5 Å². The van der Waals surface area contributed by atoms with Crippen molar-refractivity contribution in [1.82, 2.24) is 5.32 Å². The summed E-state index contributed by atoms with van der Waals surface area (Å²) < 4.78 is 5.00. The van der Waals surface area contributed by atoms with Crippen molar-refractivity contribution in [3.8, 4) is 5.75 Å². The molecule has 7 nitrogen and oxygen atoms in total. The number of amides is 1. The predicted octanol–water partition coefficient (Wildman–Crippen LogP) is 1.15. The lowest BCUT2D eigenvalue weighted by molar-refractivity contribution is -0.384. The van der Waals surface area contributed by atoms with Crippen molar-refractivity contribution in [1.29, 1.82) is 0 Å². The van der Waals surface area contributed by atoms with E-state index in [4.69, 9.17) is 4.74 Å². The van der Waals surface area contributed by atoms with Gasteiger partial charge in [-0.25, -0.2) is 0 Å². The van der Waals surface area contributed by atoms with Crippen LogP contribution < -0.4 is 15.4 Å². The Kier molecular flexibility index (Phi) is 5.06. The van der Waals surface area contributed by atoms with Gasteiger partial charge in [-0.05, 0) is 12.6 Å². The molecule has 0 aliphatic heterocycles. The molecule has 0 radical (unpaired) electrons. The van der Waals surface area contributed by atoms with Crippen LogP contribution in [0.15, 0.2) is 18.2 Å². The molecule has 2 N–H and O–H groups in total. The zero-order valence-corrected chi connectivity index (χ0v) is 10.2. The third-order valence-corrected chi connectivity index (χ3v) is 2.21. The van der Waals surface area contributed by atoms with Crippen LogP contribution in [0.3, 0.4) is 0 Å². The smallest absolute Gasteiger partial charge is 0.273 e. The van der Waals surface area contributed by atoms with Crippen molar-refractivity contribution in [3.05, 3.63) is 28.3 Å². The van der Waals surface area contributed by atoms with Crippen LogP contribution >= 0.6 is 0 Å². The van der Waals surface area contributed by atoms with Gasteiger partial charge in [-0.3, -0.25) is 14.9 Å². The number of nitro groups is 1. The molecule has 0 aliphatic rings. The Morgan fingerprint density at radius 2 is 2.22 bits per heavy atom. The number of anilines is 1. The highest BCUT2D eigenvalue weighted by atomic mass is 16.6. The van der Waals surface area contributed by atoms with E-state index in [2.05, 4.69) is 10.6 Å². The zero-order valence-electron chi connectivity index (χ0n) is 10.2. The maximum absolute atomic E-state index is 11.5.